The molecule has 2 rings (SSSR count). The van der Waals surface area contributed by atoms with Crippen LogP contribution in [0.25, 0.3) is 0 Å². The summed E-state index contributed by atoms with van der Waals surface area (Å²) in [5, 5.41) is 5.98. The quantitative estimate of drug-likeness (QED) is 0.884. The van der Waals surface area contributed by atoms with Crippen molar-refractivity contribution in [2.24, 2.45) is 0 Å². The van der Waals surface area contributed by atoms with Gasteiger partial charge in [-0.25, -0.2) is 4.39 Å². The van der Waals surface area contributed by atoms with Crippen molar-refractivity contribution < 1.29 is 9.18 Å². The van der Waals surface area contributed by atoms with Crippen LogP contribution in [-0.4, -0.2) is 43.5 Å². The zero-order valence-corrected chi connectivity index (χ0v) is 11.9. The molecule has 20 heavy (non-hydrogen) atoms. The zero-order chi connectivity index (χ0) is 14.4. The van der Waals surface area contributed by atoms with E-state index in [9.17, 15) is 9.18 Å². The zero-order valence-electron chi connectivity index (χ0n) is 11.9. The fourth-order valence-corrected chi connectivity index (χ4v) is 2.55. The summed E-state index contributed by atoms with van der Waals surface area (Å²) in [6, 6.07) is 6.64. The SMILES string of the molecule is CN(CC(=O)Nc1ccccc1F)[C@@H]1CCCNCC1. The van der Waals surface area contributed by atoms with E-state index in [4.69, 9.17) is 0 Å². The standard InChI is InChI=1S/C15H22FN3O/c1-19(12-5-4-9-17-10-8-12)11-15(20)18-14-7-3-2-6-13(14)16/h2-3,6-7,12,17H,4-5,8-11H2,1H3,(H,18,20)/t12-/m1/s1. The molecule has 1 atom stereocenters. The topological polar surface area (TPSA) is 44.4 Å². The van der Waals surface area contributed by atoms with Crippen LogP contribution in [0.5, 0.6) is 0 Å². The number of anilines is 1. The Morgan fingerprint density at radius 1 is 1.40 bits per heavy atom. The number of nitrogens with zero attached hydrogens (tertiary/aromatic N) is 1. The molecular weight excluding hydrogens is 257 g/mol. The van der Waals surface area contributed by atoms with Crippen LogP contribution in [0.4, 0.5) is 10.1 Å². The van der Waals surface area contributed by atoms with Crippen LogP contribution >= 0.6 is 0 Å². The van der Waals surface area contributed by atoms with Gasteiger partial charge in [0.25, 0.3) is 0 Å². The van der Waals surface area contributed by atoms with Gasteiger partial charge >= 0.3 is 0 Å². The highest BCUT2D eigenvalue weighted by Crippen LogP contribution is 2.14. The second-order valence-electron chi connectivity index (χ2n) is 5.28. The van der Waals surface area contributed by atoms with Gasteiger partial charge in [0.1, 0.15) is 5.82 Å². The van der Waals surface area contributed by atoms with E-state index in [0.29, 0.717) is 12.6 Å². The van der Waals surface area contributed by atoms with Gasteiger partial charge in [-0.3, -0.25) is 9.69 Å². The van der Waals surface area contributed by atoms with Gasteiger partial charge in [0.15, 0.2) is 0 Å². The average Bonchev–Trinajstić information content (AvgIpc) is 2.70. The molecule has 2 N–H and O–H groups in total. The number of hydrogen-bond donors (Lipinski definition) is 2. The third-order valence-corrected chi connectivity index (χ3v) is 3.71. The highest BCUT2D eigenvalue weighted by molar-refractivity contribution is 5.92. The molecule has 0 saturated carbocycles. The first-order valence-electron chi connectivity index (χ1n) is 7.12. The van der Waals surface area contributed by atoms with Gasteiger partial charge in [-0.1, -0.05) is 12.1 Å². The van der Waals surface area contributed by atoms with E-state index in [1.54, 1.807) is 18.2 Å². The highest BCUT2D eigenvalue weighted by atomic mass is 19.1. The molecule has 1 heterocycles. The van der Waals surface area contributed by atoms with Gasteiger partial charge < -0.3 is 10.6 Å². The second-order valence-corrected chi connectivity index (χ2v) is 5.28. The molecule has 0 unspecified atom stereocenters. The molecule has 4 nitrogen and oxygen atoms in total. The molecule has 0 spiro atoms. The summed E-state index contributed by atoms with van der Waals surface area (Å²) in [5.41, 5.74) is 0.244. The number of carbonyl (C=O) groups is 1. The average molecular weight is 279 g/mol. The van der Waals surface area contributed by atoms with Gasteiger partial charge in [0.05, 0.1) is 12.2 Å². The van der Waals surface area contributed by atoms with Crippen molar-refractivity contribution in [1.82, 2.24) is 10.2 Å². The van der Waals surface area contributed by atoms with Crippen molar-refractivity contribution in [1.29, 1.82) is 0 Å². The van der Waals surface area contributed by atoms with Crippen LogP contribution in [-0.2, 0) is 4.79 Å². The maximum Gasteiger partial charge on any atom is 0.238 e. The van der Waals surface area contributed by atoms with Crippen molar-refractivity contribution in [2.45, 2.75) is 25.3 Å². The van der Waals surface area contributed by atoms with Crippen molar-refractivity contribution in [2.75, 3.05) is 32.0 Å². The fraction of sp³-hybridized carbons (Fsp3) is 0.533. The number of amides is 1. The van der Waals surface area contributed by atoms with Crippen LogP contribution < -0.4 is 10.6 Å². The Kier molecular flexibility index (Phi) is 5.49. The Morgan fingerprint density at radius 3 is 3.00 bits per heavy atom. The first kappa shape index (κ1) is 14.9. The Morgan fingerprint density at radius 2 is 2.20 bits per heavy atom. The summed E-state index contributed by atoms with van der Waals surface area (Å²) in [5.74, 6) is -0.572. The lowest BCUT2D eigenvalue weighted by molar-refractivity contribution is -0.117. The monoisotopic (exact) mass is 279 g/mol. The number of carbonyl (C=O) groups excluding carboxylic acids is 1. The molecule has 1 aliphatic rings. The minimum Gasteiger partial charge on any atom is -0.322 e. The number of benzene rings is 1. The molecule has 1 fully saturated rings. The maximum atomic E-state index is 13.5. The fourth-order valence-electron chi connectivity index (χ4n) is 2.55. The third-order valence-electron chi connectivity index (χ3n) is 3.71. The van der Waals surface area contributed by atoms with Crippen LogP contribution in [0.3, 0.4) is 0 Å². The van der Waals surface area contributed by atoms with E-state index < -0.39 is 5.82 Å². The second kappa shape index (κ2) is 7.36. The Bertz CT molecular complexity index is 444. The molecule has 0 bridgehead atoms. The van der Waals surface area contributed by atoms with Crippen LogP contribution in [0, 0.1) is 5.82 Å². The van der Waals surface area contributed by atoms with E-state index in [1.165, 1.54) is 6.07 Å². The predicted octanol–water partition coefficient (Wildman–Crippen LogP) is 1.84. The van der Waals surface area contributed by atoms with E-state index in [1.807, 2.05) is 7.05 Å². The van der Waals surface area contributed by atoms with Crippen molar-refractivity contribution >= 4 is 11.6 Å². The van der Waals surface area contributed by atoms with Crippen LogP contribution in [0.1, 0.15) is 19.3 Å². The van der Waals surface area contributed by atoms with Gasteiger partial charge in [-0.05, 0) is 51.5 Å². The van der Waals surface area contributed by atoms with Crippen LogP contribution in [0.2, 0.25) is 0 Å². The number of likely N-dealkylation sites (N-methyl/N-ethyl adjacent to an activating group) is 1. The van der Waals surface area contributed by atoms with Crippen molar-refractivity contribution in [3.05, 3.63) is 30.1 Å². The van der Waals surface area contributed by atoms with Crippen molar-refractivity contribution in [3.63, 3.8) is 0 Å². The highest BCUT2D eigenvalue weighted by Gasteiger charge is 2.19. The lowest BCUT2D eigenvalue weighted by atomic mass is 10.1. The Hall–Kier alpha value is -1.46. The summed E-state index contributed by atoms with van der Waals surface area (Å²) < 4.78 is 13.5. The predicted molar refractivity (Wildman–Crippen MR) is 78.2 cm³/mol. The molecule has 0 aliphatic carbocycles. The minimum absolute atomic E-state index is 0.171. The first-order valence-corrected chi connectivity index (χ1v) is 7.12. The summed E-state index contributed by atoms with van der Waals surface area (Å²) in [6.07, 6.45) is 3.27. The lowest BCUT2D eigenvalue weighted by Gasteiger charge is -2.26. The number of halogens is 1. The minimum atomic E-state index is -0.401. The van der Waals surface area contributed by atoms with Crippen LogP contribution in [0.15, 0.2) is 24.3 Å². The Balaban J connectivity index is 1.85. The number of nitrogens with one attached hydrogen (secondary N) is 2. The molecule has 1 aliphatic heterocycles. The lowest BCUT2D eigenvalue weighted by Crippen LogP contribution is -2.38. The smallest absolute Gasteiger partial charge is 0.238 e. The van der Waals surface area contributed by atoms with Gasteiger partial charge in [0, 0.05) is 6.04 Å². The number of hydrogen-bond acceptors (Lipinski definition) is 3. The molecule has 1 aromatic rings. The summed E-state index contributed by atoms with van der Waals surface area (Å²) in [4.78, 5) is 14.0. The molecule has 110 valence electrons. The van der Waals surface area contributed by atoms with Gasteiger partial charge in [-0.15, -0.1) is 0 Å². The summed E-state index contributed by atoms with van der Waals surface area (Å²) >= 11 is 0. The van der Waals surface area contributed by atoms with E-state index in [2.05, 4.69) is 15.5 Å². The molecule has 5 heteroatoms. The largest absolute Gasteiger partial charge is 0.322 e. The summed E-state index contributed by atoms with van der Waals surface area (Å²) in [6.45, 7) is 2.33. The van der Waals surface area contributed by atoms with Gasteiger partial charge in [0.2, 0.25) is 5.91 Å². The Labute approximate surface area is 119 Å². The maximum absolute atomic E-state index is 13.5. The third kappa shape index (κ3) is 4.28. The van der Waals surface area contributed by atoms with Gasteiger partial charge in [-0.2, -0.15) is 0 Å². The molecule has 0 aromatic heterocycles. The van der Waals surface area contributed by atoms with E-state index in [0.717, 1.165) is 32.4 Å². The molecule has 0 radical (unpaired) electrons. The summed E-state index contributed by atoms with van der Waals surface area (Å²) in [7, 11) is 1.96. The molecule has 1 aromatic carbocycles. The normalized spacial score (nSPS) is 19.6. The van der Waals surface area contributed by atoms with Crippen molar-refractivity contribution in [3.8, 4) is 0 Å². The van der Waals surface area contributed by atoms with E-state index in [-0.39, 0.29) is 11.6 Å². The number of rotatable bonds is 4. The molecule has 1 amide bonds. The van der Waals surface area contributed by atoms with E-state index >= 15 is 0 Å². The number of para-hydroxylation sites is 1. The first-order chi connectivity index (χ1) is 9.66. The molecule has 1 saturated heterocycles. The molecular formula is C15H22FN3O.